The third-order valence-corrected chi connectivity index (χ3v) is 8.41. The van der Waals surface area contributed by atoms with E-state index >= 15 is 0 Å². The highest BCUT2D eigenvalue weighted by Crippen LogP contribution is 2.37. The van der Waals surface area contributed by atoms with Crippen LogP contribution in [0.25, 0.3) is 0 Å². The first-order valence-corrected chi connectivity index (χ1v) is 10.2. The molecule has 1 aromatic rings. The van der Waals surface area contributed by atoms with Crippen LogP contribution in [0.1, 0.15) is 38.1 Å². The van der Waals surface area contributed by atoms with Gasteiger partial charge in [0, 0.05) is 5.56 Å². The van der Waals surface area contributed by atoms with Gasteiger partial charge in [0.2, 0.25) is 8.32 Å². The van der Waals surface area contributed by atoms with Gasteiger partial charge < -0.3 is 14.8 Å². The molecule has 122 valence electrons. The number of nitrogens with one attached hydrogen (secondary N) is 1. The number of hydrogen-bond acceptors (Lipinski definition) is 3. The maximum absolute atomic E-state index is 12.1. The molecule has 0 aliphatic rings. The van der Waals surface area contributed by atoms with Crippen LogP contribution >= 0.6 is 0 Å². The number of carboxylic acid groups (broad SMARTS) is 1. The van der Waals surface area contributed by atoms with Gasteiger partial charge in [0.1, 0.15) is 5.75 Å². The molecule has 6 heteroatoms. The first kappa shape index (κ1) is 18.2. The zero-order valence-electron chi connectivity index (χ0n) is 14.1. The van der Waals surface area contributed by atoms with E-state index in [1.54, 1.807) is 24.3 Å². The Labute approximate surface area is 132 Å². The van der Waals surface area contributed by atoms with Crippen LogP contribution < -0.4 is 9.74 Å². The van der Waals surface area contributed by atoms with E-state index < -0.39 is 20.5 Å². The Hall–Kier alpha value is -1.82. The SMILES string of the molecule is C[C@H](NC(=O)O)C(=O)c1ccc(O[Si](C)(C)C(C)(C)C)cc1. The molecule has 0 aromatic heterocycles. The van der Waals surface area contributed by atoms with Crippen molar-refractivity contribution >= 4 is 20.2 Å². The Morgan fingerprint density at radius 2 is 1.68 bits per heavy atom. The van der Waals surface area contributed by atoms with Crippen molar-refractivity contribution in [2.75, 3.05) is 0 Å². The molecular weight excluding hydrogens is 298 g/mol. The Balaban J connectivity index is 2.83. The number of amides is 1. The Morgan fingerprint density at radius 1 is 1.18 bits per heavy atom. The highest BCUT2D eigenvalue weighted by molar-refractivity contribution is 6.74. The lowest BCUT2D eigenvalue weighted by molar-refractivity contribution is 0.0945. The minimum atomic E-state index is -1.91. The molecule has 0 radical (unpaired) electrons. The summed E-state index contributed by atoms with van der Waals surface area (Å²) in [6, 6.07) is 6.10. The second-order valence-corrected chi connectivity index (χ2v) is 11.6. The molecule has 0 saturated carbocycles. The average Bonchev–Trinajstić information content (AvgIpc) is 2.36. The summed E-state index contributed by atoms with van der Waals surface area (Å²) in [5.41, 5.74) is 0.462. The summed E-state index contributed by atoms with van der Waals surface area (Å²) in [5, 5.41) is 10.9. The number of Topliss-reactive ketones (excluding diaryl/α,β-unsaturated/α-hetero) is 1. The standard InChI is InChI=1S/C16H25NO4Si/c1-11(17-15(19)20)14(18)12-7-9-13(10-8-12)21-22(5,6)16(2,3)4/h7-11,17H,1-6H3,(H,19,20)/t11-/m0/s1. The van der Waals surface area contributed by atoms with Crippen molar-refractivity contribution in [1.29, 1.82) is 0 Å². The van der Waals surface area contributed by atoms with Gasteiger partial charge in [-0.15, -0.1) is 0 Å². The second-order valence-electron chi connectivity index (χ2n) is 6.92. The van der Waals surface area contributed by atoms with Crippen molar-refractivity contribution in [2.24, 2.45) is 0 Å². The molecule has 0 saturated heterocycles. The molecule has 5 nitrogen and oxygen atoms in total. The summed E-state index contributed by atoms with van der Waals surface area (Å²) >= 11 is 0. The fourth-order valence-corrected chi connectivity index (χ4v) is 2.67. The topological polar surface area (TPSA) is 75.6 Å². The number of carbonyl (C=O) groups is 2. The first-order chi connectivity index (χ1) is 9.94. The van der Waals surface area contributed by atoms with Crippen LogP contribution in [0.15, 0.2) is 24.3 Å². The summed E-state index contributed by atoms with van der Waals surface area (Å²) in [6.07, 6.45) is -1.21. The van der Waals surface area contributed by atoms with Gasteiger partial charge in [0.05, 0.1) is 6.04 Å². The predicted octanol–water partition coefficient (Wildman–Crippen LogP) is 3.91. The van der Waals surface area contributed by atoms with Crippen molar-refractivity contribution < 1.29 is 19.1 Å². The van der Waals surface area contributed by atoms with Gasteiger partial charge in [-0.3, -0.25) is 4.79 Å². The largest absolute Gasteiger partial charge is 0.544 e. The molecule has 2 N–H and O–H groups in total. The molecule has 0 fully saturated rings. The van der Waals surface area contributed by atoms with Gasteiger partial charge in [-0.05, 0) is 49.3 Å². The Morgan fingerprint density at radius 3 is 2.09 bits per heavy atom. The summed E-state index contributed by atoms with van der Waals surface area (Å²) in [5.74, 6) is 0.475. The smallest absolute Gasteiger partial charge is 0.405 e. The van der Waals surface area contributed by atoms with E-state index in [0.717, 1.165) is 5.75 Å². The molecule has 0 aliphatic heterocycles. The molecule has 22 heavy (non-hydrogen) atoms. The molecule has 0 spiro atoms. The first-order valence-electron chi connectivity index (χ1n) is 7.27. The minimum absolute atomic E-state index is 0.0986. The van der Waals surface area contributed by atoms with E-state index in [1.807, 2.05) is 0 Å². The van der Waals surface area contributed by atoms with Crippen molar-refractivity contribution in [2.45, 2.75) is 51.9 Å². The highest BCUT2D eigenvalue weighted by Gasteiger charge is 2.38. The summed E-state index contributed by atoms with van der Waals surface area (Å²) in [7, 11) is -1.91. The monoisotopic (exact) mass is 323 g/mol. The number of hydrogen-bond donors (Lipinski definition) is 2. The van der Waals surface area contributed by atoms with Gasteiger partial charge in [0.15, 0.2) is 5.78 Å². The summed E-state index contributed by atoms with van der Waals surface area (Å²) in [6.45, 7) is 12.3. The normalized spacial score (nSPS) is 13.4. The fraction of sp³-hybridized carbons (Fsp3) is 0.500. The highest BCUT2D eigenvalue weighted by atomic mass is 28.4. The van der Waals surface area contributed by atoms with Crippen LogP contribution in [0.2, 0.25) is 18.1 Å². The molecular formula is C16H25NO4Si. The summed E-state index contributed by atoms with van der Waals surface area (Å²) in [4.78, 5) is 22.6. The number of rotatable bonds is 5. The molecule has 0 heterocycles. The van der Waals surface area contributed by atoms with E-state index in [4.69, 9.17) is 9.53 Å². The minimum Gasteiger partial charge on any atom is -0.544 e. The lowest BCUT2D eigenvalue weighted by Crippen LogP contribution is -2.43. The lowest BCUT2D eigenvalue weighted by atomic mass is 10.1. The summed E-state index contributed by atoms with van der Waals surface area (Å²) < 4.78 is 6.14. The third kappa shape index (κ3) is 4.59. The molecule has 1 aromatic carbocycles. The zero-order valence-corrected chi connectivity index (χ0v) is 15.1. The van der Waals surface area contributed by atoms with Crippen LogP contribution in [0, 0.1) is 0 Å². The Bertz CT molecular complexity index is 546. The molecule has 1 amide bonds. The van der Waals surface area contributed by atoms with Crippen LogP contribution in [0.4, 0.5) is 4.79 Å². The maximum atomic E-state index is 12.1. The average molecular weight is 323 g/mol. The zero-order chi connectivity index (χ0) is 17.1. The lowest BCUT2D eigenvalue weighted by Gasteiger charge is -2.36. The van der Waals surface area contributed by atoms with Crippen molar-refractivity contribution in [1.82, 2.24) is 5.32 Å². The van der Waals surface area contributed by atoms with Gasteiger partial charge in [0.25, 0.3) is 0 Å². The van der Waals surface area contributed by atoms with E-state index in [-0.39, 0.29) is 10.8 Å². The fourth-order valence-electron chi connectivity index (χ4n) is 1.64. The number of carbonyl (C=O) groups excluding carboxylic acids is 1. The molecule has 0 unspecified atom stereocenters. The van der Waals surface area contributed by atoms with E-state index in [2.05, 4.69) is 39.2 Å². The van der Waals surface area contributed by atoms with Gasteiger partial charge >= 0.3 is 6.09 Å². The molecule has 1 rings (SSSR count). The Kier molecular flexibility index (Phi) is 5.40. The molecule has 0 aliphatic carbocycles. The van der Waals surface area contributed by atoms with Gasteiger partial charge in [-0.1, -0.05) is 20.8 Å². The quantitative estimate of drug-likeness (QED) is 0.636. The molecule has 1 atom stereocenters. The third-order valence-electron chi connectivity index (χ3n) is 4.05. The van der Waals surface area contributed by atoms with Crippen LogP contribution in [0.5, 0.6) is 5.75 Å². The van der Waals surface area contributed by atoms with Gasteiger partial charge in [-0.2, -0.15) is 0 Å². The van der Waals surface area contributed by atoms with Crippen molar-refractivity contribution in [3.8, 4) is 5.75 Å². The van der Waals surface area contributed by atoms with Crippen molar-refractivity contribution in [3.63, 3.8) is 0 Å². The molecule has 0 bridgehead atoms. The van der Waals surface area contributed by atoms with Crippen molar-refractivity contribution in [3.05, 3.63) is 29.8 Å². The van der Waals surface area contributed by atoms with Crippen LogP contribution in [-0.2, 0) is 0 Å². The second kappa shape index (κ2) is 6.52. The van der Waals surface area contributed by atoms with E-state index in [9.17, 15) is 9.59 Å². The van der Waals surface area contributed by atoms with Gasteiger partial charge in [-0.25, -0.2) is 4.79 Å². The van der Waals surface area contributed by atoms with Crippen LogP contribution in [0.3, 0.4) is 0 Å². The van der Waals surface area contributed by atoms with Crippen LogP contribution in [-0.4, -0.2) is 31.3 Å². The number of benzene rings is 1. The van der Waals surface area contributed by atoms with E-state index in [1.165, 1.54) is 6.92 Å². The van der Waals surface area contributed by atoms with E-state index in [0.29, 0.717) is 5.56 Å². The maximum Gasteiger partial charge on any atom is 0.405 e. The predicted molar refractivity (Wildman–Crippen MR) is 89.2 cm³/mol. The number of ketones is 1.